The van der Waals surface area contributed by atoms with Gasteiger partial charge in [0.2, 0.25) is 0 Å². The molecule has 45 atom stereocenters. The van der Waals surface area contributed by atoms with Crippen molar-refractivity contribution in [3.05, 3.63) is 11.6 Å². The normalized spacial score (nSPS) is 42.6. The molecule has 8 fully saturated rings. The number of rotatable bonds is 44. The minimum Gasteiger partial charge on any atom is -0.469 e. The first kappa shape index (κ1) is 108. The Hall–Kier alpha value is -3.78. The van der Waals surface area contributed by atoms with Crippen LogP contribution in [-0.2, 0) is 114 Å². The molecule has 0 aromatic heterocycles. The Bertz CT molecular complexity index is 3260. The fourth-order valence-electron chi connectivity index (χ4n) is 16.4. The molecule has 0 radical (unpaired) electrons. The molecule has 0 aromatic rings. The second kappa shape index (κ2) is 50.5. The lowest BCUT2D eigenvalue weighted by atomic mass is 9.95. The lowest BCUT2D eigenvalue weighted by Gasteiger charge is -2.52. The van der Waals surface area contributed by atoms with Crippen molar-refractivity contribution in [2.45, 2.75) is 462 Å². The molecule has 0 amide bonds. The first-order valence-corrected chi connectivity index (χ1v) is 44.2. The number of esters is 4. The molecule has 732 valence electrons. The summed E-state index contributed by atoms with van der Waals surface area (Å²) in [5, 5.41) is 216. The van der Waals surface area contributed by atoms with E-state index in [9.17, 15) is 111 Å². The molecule has 0 aliphatic carbocycles. The van der Waals surface area contributed by atoms with E-state index in [1.54, 1.807) is 0 Å². The Balaban J connectivity index is 1.20. The summed E-state index contributed by atoms with van der Waals surface area (Å²) in [6, 6.07) is 0. The third-order valence-corrected chi connectivity index (χ3v) is 24.6. The molecule has 0 saturated carbocycles. The van der Waals surface area contributed by atoms with Crippen LogP contribution in [0.25, 0.3) is 0 Å². The van der Waals surface area contributed by atoms with Gasteiger partial charge >= 0.3 is 23.9 Å². The maximum absolute atomic E-state index is 15.2. The molecular formula is C83H142O43. The molecule has 0 bridgehead atoms. The number of ether oxygens (including phenoxy) is 20. The van der Waals surface area contributed by atoms with Gasteiger partial charge in [0, 0.05) is 12.0 Å². The fourth-order valence-corrected chi connectivity index (χ4v) is 16.4. The van der Waals surface area contributed by atoms with E-state index in [4.69, 9.17) is 90.0 Å². The van der Waals surface area contributed by atoms with Crippen LogP contribution in [0.1, 0.15) is 192 Å². The van der Waals surface area contributed by atoms with Gasteiger partial charge in [-0.2, -0.15) is 0 Å². The van der Waals surface area contributed by atoms with Crippen molar-refractivity contribution in [1.82, 2.24) is 0 Å². The number of aliphatic hydroxyl groups excluding tert-OH is 19. The Morgan fingerprint density at radius 1 is 0.357 bits per heavy atom. The highest BCUT2D eigenvalue weighted by molar-refractivity contribution is 5.87. The standard InChI is InChI=1S/C83H142O43/c1-14-25-44(114-76-61(101)55(95)50(90)37(7)108-76)29-23-20-24-30-48(88)118-73-72(126-82-70(58(98)53(93)47(33-85)117-82)123-79-64(104)68(66(41(11)112-79)120-74(105)34(4)16-3)122-77-62(102)56(96)51(91)38(8)109-77)67(121-78-63(103)60(100)65(40(10)111-78)119-75(106)35(5)36(6)86)42(12)113-83(73)125-71-59(99)54(94)46(32-84)116-81(71)124-69-57(97)52(92)39(9)110-80(69)115-45(26-15-2)28-22-19-17-18-21-27-43(87)31-49(89)107-13/h16,35-47,50-73,76-87,90-104H,14-15,17-33H2,1-13H3/b34-16+/t35-,36-,37-,38+,39-,40-,41-,42+,43+,44+,45+,46-,47-,50-,51+,52+,53-,54-,55+,56-,57+,58+,59?,60-,61-,62-,63-,64-,65-,66-,67+,68-,69-,70-,71-,72-,73-,76+,77+,78+,79+,80+,81+,82+,83+/m1/s1. The zero-order chi connectivity index (χ0) is 93.2. The van der Waals surface area contributed by atoms with E-state index in [2.05, 4.69) is 4.74 Å². The highest BCUT2D eigenvalue weighted by atomic mass is 16.8. The highest BCUT2D eigenvalue weighted by Gasteiger charge is 2.61. The van der Waals surface area contributed by atoms with E-state index in [1.807, 2.05) is 13.8 Å². The number of methoxy groups -OCH3 is 1. The molecule has 0 spiro atoms. The Morgan fingerprint density at radius 2 is 0.738 bits per heavy atom. The fraction of sp³-hybridized carbons (Fsp3) is 0.928. The summed E-state index contributed by atoms with van der Waals surface area (Å²) in [6.45, 7) is 15.5. The summed E-state index contributed by atoms with van der Waals surface area (Å²) in [6.07, 6.45) is -69.2. The first-order valence-electron chi connectivity index (χ1n) is 44.2. The van der Waals surface area contributed by atoms with E-state index >= 15 is 4.79 Å². The summed E-state index contributed by atoms with van der Waals surface area (Å²) < 4.78 is 124. The minimum atomic E-state index is -2.33. The number of hydrogen-bond donors (Lipinski definition) is 19. The Morgan fingerprint density at radius 3 is 1.25 bits per heavy atom. The molecule has 8 heterocycles. The zero-order valence-corrected chi connectivity index (χ0v) is 73.8. The zero-order valence-electron chi connectivity index (χ0n) is 73.8. The lowest BCUT2D eigenvalue weighted by molar-refractivity contribution is -0.415. The maximum Gasteiger partial charge on any atom is 0.333 e. The highest BCUT2D eigenvalue weighted by Crippen LogP contribution is 2.42. The lowest BCUT2D eigenvalue weighted by Crippen LogP contribution is -2.69. The van der Waals surface area contributed by atoms with Crippen molar-refractivity contribution in [2.75, 3.05) is 20.3 Å². The largest absolute Gasteiger partial charge is 0.469 e. The molecule has 8 saturated heterocycles. The van der Waals surface area contributed by atoms with Crippen LogP contribution in [0.15, 0.2) is 11.6 Å². The summed E-state index contributed by atoms with van der Waals surface area (Å²) >= 11 is 0. The number of allylic oxidation sites excluding steroid dienone is 1. The minimum absolute atomic E-state index is 0.0208. The second-order valence-corrected chi connectivity index (χ2v) is 34.4. The van der Waals surface area contributed by atoms with Crippen LogP contribution >= 0.6 is 0 Å². The Kier molecular flexibility index (Phi) is 43.1. The second-order valence-electron chi connectivity index (χ2n) is 34.4. The summed E-state index contributed by atoms with van der Waals surface area (Å²) in [5.41, 5.74) is 0.0631. The smallest absolute Gasteiger partial charge is 0.333 e. The van der Waals surface area contributed by atoms with Crippen molar-refractivity contribution in [1.29, 1.82) is 0 Å². The summed E-state index contributed by atoms with van der Waals surface area (Å²) in [4.78, 5) is 53.8. The van der Waals surface area contributed by atoms with Gasteiger partial charge in [-0.3, -0.25) is 14.4 Å². The van der Waals surface area contributed by atoms with E-state index in [1.165, 1.54) is 82.4 Å². The molecule has 8 rings (SSSR count). The van der Waals surface area contributed by atoms with Gasteiger partial charge in [-0.25, -0.2) is 4.79 Å². The number of unbranched alkanes of at least 4 members (excludes halogenated alkanes) is 6. The Labute approximate surface area is 732 Å². The quantitative estimate of drug-likeness (QED) is 0.0121. The van der Waals surface area contributed by atoms with Gasteiger partial charge in [0.05, 0.1) is 93.7 Å². The van der Waals surface area contributed by atoms with Crippen molar-refractivity contribution in [3.63, 3.8) is 0 Å². The molecule has 0 aromatic carbocycles. The number of carbonyl (C=O) groups is 4. The monoisotopic (exact) mass is 1830 g/mol. The van der Waals surface area contributed by atoms with Gasteiger partial charge in [-0.05, 0) is 108 Å². The SMILES string of the molecule is C/C=C(\C)C(=O)O[C@H]1[C@H](O[C@@H]2O[C@@H](C)[C@H](O)[C@@H](O)[C@H]2O)[C@@H](O)[C@H](O[C@H]2[C@H](O[C@@H]3[C@@H](O[C@@H]4O[C@H](C)[C@@H](OC(=O)[C@H](C)[C@@H](C)O)[C@H](O)[C@H]4O)[C@H](C)O[C@@H](O[C@@H]4C(O)[C@H](O)[C@@H](CO)O[C@H]4O[C@H]4[C@H](O[C@@H](CCC)CCCCCCC[C@H](O)CC(=O)OC)O[C@H](C)[C@H](O)[C@@H]4O)[C@@H]3OC(=O)CCCCC[C@H](CCC)O[C@@H]3O[C@H](C)[C@@H](O)[C@H](O)[C@H]3O)O[C@H](CO)[C@@H](O)[C@@H]2O)O[C@@H]1C. The number of hydrogen-bond acceptors (Lipinski definition) is 43. The van der Waals surface area contributed by atoms with Crippen LogP contribution in [-0.4, -0.2) is 411 Å². The van der Waals surface area contributed by atoms with Gasteiger partial charge in [-0.1, -0.05) is 77.7 Å². The van der Waals surface area contributed by atoms with Gasteiger partial charge in [-0.15, -0.1) is 0 Å². The molecule has 126 heavy (non-hydrogen) atoms. The molecule has 19 N–H and O–H groups in total. The van der Waals surface area contributed by atoms with E-state index in [0.29, 0.717) is 70.6 Å². The van der Waals surface area contributed by atoms with Crippen molar-refractivity contribution >= 4 is 23.9 Å². The van der Waals surface area contributed by atoms with E-state index < -0.39 is 319 Å². The van der Waals surface area contributed by atoms with Crippen LogP contribution < -0.4 is 0 Å². The predicted molar refractivity (Wildman–Crippen MR) is 424 cm³/mol. The molecule has 43 heteroatoms. The summed E-state index contributed by atoms with van der Waals surface area (Å²) in [7, 11) is 1.24. The third-order valence-electron chi connectivity index (χ3n) is 24.6. The van der Waals surface area contributed by atoms with E-state index in [-0.39, 0.29) is 24.8 Å². The van der Waals surface area contributed by atoms with Crippen LogP contribution in [0.5, 0.6) is 0 Å². The predicted octanol–water partition coefficient (Wildman–Crippen LogP) is -3.69. The van der Waals surface area contributed by atoms with E-state index in [0.717, 1.165) is 12.8 Å². The van der Waals surface area contributed by atoms with Gasteiger partial charge in [0.1, 0.15) is 140 Å². The van der Waals surface area contributed by atoms with Crippen LogP contribution in [0.2, 0.25) is 0 Å². The number of carbonyl (C=O) groups excluding carboxylic acids is 4. The van der Waals surface area contributed by atoms with Gasteiger partial charge in [0.15, 0.2) is 68.6 Å². The van der Waals surface area contributed by atoms with Crippen LogP contribution in [0, 0.1) is 5.92 Å². The van der Waals surface area contributed by atoms with Crippen molar-refractivity contribution < 1.29 is 211 Å². The molecular weight excluding hydrogens is 1680 g/mol. The number of aliphatic hydroxyl groups is 19. The topological polar surface area (TPSA) is 637 Å². The molecule has 1 unspecified atom stereocenters. The van der Waals surface area contributed by atoms with Crippen LogP contribution in [0.3, 0.4) is 0 Å². The van der Waals surface area contributed by atoms with Gasteiger partial charge < -0.3 is 192 Å². The first-order chi connectivity index (χ1) is 59.6. The third kappa shape index (κ3) is 27.7. The van der Waals surface area contributed by atoms with Crippen molar-refractivity contribution in [3.8, 4) is 0 Å². The van der Waals surface area contributed by atoms with Gasteiger partial charge in [0.25, 0.3) is 0 Å². The maximum atomic E-state index is 15.2. The molecule has 8 aliphatic rings. The molecule has 43 nitrogen and oxygen atoms in total. The molecule has 8 aliphatic heterocycles. The average Bonchev–Trinajstić information content (AvgIpc) is 0.756. The van der Waals surface area contributed by atoms with Crippen LogP contribution in [0.4, 0.5) is 0 Å². The summed E-state index contributed by atoms with van der Waals surface area (Å²) in [5.74, 6) is -4.74. The average molecular weight is 1830 g/mol. The van der Waals surface area contributed by atoms with Crippen molar-refractivity contribution in [2.24, 2.45) is 5.92 Å².